The minimum absolute atomic E-state index is 0.00339. The molecule has 0 saturated carbocycles. The number of anilines is 6. The molecule has 0 fully saturated rings. The summed E-state index contributed by atoms with van der Waals surface area (Å²) in [6, 6.07) is 85.8. The Balaban J connectivity index is 0.751. The van der Waals surface area contributed by atoms with Crippen LogP contribution in [0.2, 0.25) is 0 Å². The molecule has 0 N–H and O–H groups in total. The van der Waals surface area contributed by atoms with E-state index in [0.29, 0.717) is 31.9 Å². The second kappa shape index (κ2) is 31.5. The first kappa shape index (κ1) is 82.3. The lowest BCUT2D eigenvalue weighted by molar-refractivity contribution is -0.130. The molecule has 620 valence electrons. The van der Waals surface area contributed by atoms with Gasteiger partial charge in [-0.05, 0) is 161 Å². The van der Waals surface area contributed by atoms with Gasteiger partial charge < -0.3 is 19.3 Å². The number of carbonyl (C=O) groups excluding carboxylic acids is 2. The smallest absolute Gasteiger partial charge is 0.338 e. The lowest BCUT2D eigenvalue weighted by Gasteiger charge is -2.31. The number of fused-ring (bicyclic) bond motifs is 4. The highest BCUT2D eigenvalue weighted by molar-refractivity contribution is 6.01. The maximum atomic E-state index is 15.3. The first-order chi connectivity index (χ1) is 60.3. The first-order valence-electron chi connectivity index (χ1n) is 40.9. The van der Waals surface area contributed by atoms with Gasteiger partial charge in [0.1, 0.15) is 0 Å². The zero-order chi connectivity index (χ0) is 88.9. The Kier molecular flexibility index (Phi) is 20.5. The fraction of sp³-hybridized carbons (Fsp3) is 0.133. The third kappa shape index (κ3) is 13.9. The summed E-state index contributed by atoms with van der Waals surface area (Å²) in [6.45, 7) is 31.5. The minimum atomic E-state index is -1.08. The second-order valence-corrected chi connectivity index (χ2v) is 33.6. The average molecular weight is 1660 g/mol. The lowest BCUT2D eigenvalue weighted by atomic mass is 9.78. The van der Waals surface area contributed by atoms with E-state index in [4.69, 9.17) is 9.47 Å². The van der Waals surface area contributed by atoms with E-state index in [1.165, 1.54) is 26.0 Å². The van der Waals surface area contributed by atoms with Crippen molar-refractivity contribution in [2.24, 2.45) is 0 Å². The maximum Gasteiger partial charge on any atom is 0.338 e. The van der Waals surface area contributed by atoms with Crippen LogP contribution in [0.4, 0.5) is 34.1 Å². The molecule has 0 radical (unpaired) electrons. The summed E-state index contributed by atoms with van der Waals surface area (Å²) in [4.78, 5) is 166. The lowest BCUT2D eigenvalue weighted by Crippen LogP contribution is -2.30. The molecule has 0 bridgehead atoms. The van der Waals surface area contributed by atoms with Crippen LogP contribution in [0.3, 0.4) is 0 Å². The van der Waals surface area contributed by atoms with Crippen LogP contribution in [0.25, 0.3) is 72.4 Å². The molecule has 21 heteroatoms. The molecule has 5 heterocycles. The van der Waals surface area contributed by atoms with E-state index in [-0.39, 0.29) is 94.3 Å². The first-order valence-corrected chi connectivity index (χ1v) is 40.9. The number of carbonyl (C=O) groups is 2. The summed E-state index contributed by atoms with van der Waals surface area (Å²) in [5, 5.41) is -2.65. The van der Waals surface area contributed by atoms with E-state index < -0.39 is 90.0 Å². The summed E-state index contributed by atoms with van der Waals surface area (Å²) in [5.41, 5.74) is 0.992. The molecule has 126 heavy (non-hydrogen) atoms. The molecule has 21 nitrogen and oxygen atoms in total. The number of rotatable bonds is 23. The van der Waals surface area contributed by atoms with E-state index in [1.807, 2.05) is 180 Å². The van der Waals surface area contributed by atoms with Crippen LogP contribution >= 0.6 is 0 Å². The molecule has 0 spiro atoms. The monoisotopic (exact) mass is 1660 g/mol. The zero-order valence-electron chi connectivity index (χ0n) is 70.7. The predicted octanol–water partition coefficient (Wildman–Crippen LogP) is 18.1. The highest BCUT2D eigenvalue weighted by Gasteiger charge is 2.35. The quantitative estimate of drug-likeness (QED) is 0.0328. The van der Waals surface area contributed by atoms with Crippen molar-refractivity contribution in [3.8, 4) is 34.8 Å². The van der Waals surface area contributed by atoms with Crippen molar-refractivity contribution in [3.63, 3.8) is 0 Å². The van der Waals surface area contributed by atoms with Crippen molar-refractivity contribution >= 4 is 95.2 Å². The van der Waals surface area contributed by atoms with Crippen LogP contribution in [-0.2, 0) is 31.2 Å². The summed E-state index contributed by atoms with van der Waals surface area (Å²) in [7, 11) is 0. The number of esters is 2. The molecule has 17 rings (SSSR count). The molecule has 0 aliphatic heterocycles. The van der Waals surface area contributed by atoms with Crippen molar-refractivity contribution in [1.82, 2.24) is 33.2 Å². The number of nitrogens with zero attached hydrogens (tertiary/aromatic N) is 9. The highest BCUT2D eigenvalue weighted by atomic mass is 16.5. The van der Waals surface area contributed by atoms with Crippen LogP contribution in [0, 0.1) is 0 Å². The van der Waals surface area contributed by atoms with Gasteiger partial charge in [-0.25, -0.2) is 27.9 Å². The molecule has 0 amide bonds. The van der Waals surface area contributed by atoms with Gasteiger partial charge in [-0.2, -0.15) is 15.0 Å². The number of hydrogen-bond acceptors (Lipinski definition) is 17. The van der Waals surface area contributed by atoms with Crippen LogP contribution in [-0.4, -0.2) is 45.2 Å². The number of ether oxygens (including phenoxy) is 2. The van der Waals surface area contributed by atoms with Crippen molar-refractivity contribution in [3.05, 3.63) is 443 Å². The molecule has 0 unspecified atom stereocenters. The molecular formula is C105H83N9O12. The van der Waals surface area contributed by atoms with Crippen molar-refractivity contribution in [2.75, 3.05) is 9.80 Å². The Bertz CT molecular complexity index is 7000. The number of para-hydroxylation sites is 2. The van der Waals surface area contributed by atoms with Crippen molar-refractivity contribution in [1.29, 1.82) is 0 Å². The summed E-state index contributed by atoms with van der Waals surface area (Å²) < 4.78 is 15.3. The van der Waals surface area contributed by atoms with Gasteiger partial charge in [-0.3, -0.25) is 38.4 Å². The van der Waals surface area contributed by atoms with Crippen LogP contribution < -0.4 is 63.7 Å². The van der Waals surface area contributed by atoms with Crippen molar-refractivity contribution in [2.45, 2.75) is 90.9 Å². The second-order valence-electron chi connectivity index (χ2n) is 33.6. The Morgan fingerprint density at radius 2 is 0.524 bits per heavy atom. The molecule has 0 aliphatic rings. The highest BCUT2D eigenvalue weighted by Crippen LogP contribution is 2.48. The van der Waals surface area contributed by atoms with Crippen LogP contribution in [0.5, 0.6) is 11.5 Å². The largest absolute Gasteiger partial charge is 0.419 e. The number of hydrogen-bond donors (Lipinski definition) is 0. The Morgan fingerprint density at radius 3 is 0.746 bits per heavy atom. The van der Waals surface area contributed by atoms with Gasteiger partial charge in [0.15, 0.2) is 17.3 Å². The van der Waals surface area contributed by atoms with Gasteiger partial charge in [0.2, 0.25) is 11.9 Å². The summed E-state index contributed by atoms with van der Waals surface area (Å²) >= 11 is 0. The number of aromatic nitrogens is 7. The summed E-state index contributed by atoms with van der Waals surface area (Å²) in [5.74, 6) is -3.92. The van der Waals surface area contributed by atoms with E-state index in [1.54, 1.807) is 24.3 Å². The topological polar surface area (TPSA) is 254 Å². The van der Waals surface area contributed by atoms with Gasteiger partial charge in [-0.1, -0.05) is 257 Å². The normalized spacial score (nSPS) is 12.0. The van der Waals surface area contributed by atoms with E-state index in [2.05, 4.69) is 139 Å². The van der Waals surface area contributed by atoms with Crippen molar-refractivity contribution < 1.29 is 19.1 Å². The molecule has 0 saturated heterocycles. The third-order valence-corrected chi connectivity index (χ3v) is 24.4. The standard InChI is InChI=1S/C105H83N9O12/c1-14-87-106-100(113-94(119)79-57-75-76(58-80(79)95(113)120)91(116)111(90(75)115)85-39-27-37-83(88(85)125-98(123)61(2)3)109(71-49-41-67(42-50-71)102(6,7)63-29-19-15-20-30-63)72-51-43-68(44-52-72)103(8,9)64-31-21-16-22-32-64)108-101(107-87)114-96(121)81-59-77-78(60-82(81)97(114)122)93(118)112(92(77)117)86-40-28-38-84(89(86)126-99(124)62(4)5)110(73-53-45-69(46-54-73)104(10,11)65-33-23-17-24-34-65)74-55-47-70(48-56-74)105(12,13)66-35-25-18-26-36-66/h14-60H,1-2,4H2,3,5-13H3. The fourth-order valence-electron chi connectivity index (χ4n) is 16.8. The predicted molar refractivity (Wildman–Crippen MR) is 497 cm³/mol. The molecule has 17 aromatic rings. The minimum Gasteiger partial charge on any atom is -0.419 e. The number of benzene rings is 12. The molecule has 0 atom stereocenters. The van der Waals surface area contributed by atoms with E-state index >= 15 is 38.4 Å². The summed E-state index contributed by atoms with van der Waals surface area (Å²) in [6.07, 6.45) is 1.11. The van der Waals surface area contributed by atoms with Crippen LogP contribution in [0.1, 0.15) is 120 Å². The Hall–Kier alpha value is -16.0. The molecule has 12 aromatic carbocycles. The van der Waals surface area contributed by atoms with Gasteiger partial charge in [-0.15, -0.1) is 0 Å². The third-order valence-electron chi connectivity index (χ3n) is 24.4. The van der Waals surface area contributed by atoms with Gasteiger partial charge in [0, 0.05) is 55.6 Å². The van der Waals surface area contributed by atoms with Gasteiger partial charge >= 0.3 is 11.9 Å². The molecule has 5 aromatic heterocycles. The SMILES string of the molecule is C=Cc1nc(-n2c(=O)c3cc4c(=O)n(-c5cccc(N(c6ccc(C(C)(C)c7ccccc7)cc6)c6ccc(C(C)(C)c7ccccc7)cc6)c5OC(=O)C(=C)C)c(=O)c4cc3c2=O)nc(-n2c(=O)c3cc4c(=O)n(-c5cccc(N(c6ccc(C(C)(C)c7ccccc7)cc6)c6ccc(C(C)(C)c7ccccc7)cc6)c5OC(=O)C(=C)C)c(=O)c4cc3c2=O)n1. The van der Waals surface area contributed by atoms with Gasteiger partial charge in [0.25, 0.3) is 44.5 Å². The Morgan fingerprint density at radius 1 is 0.302 bits per heavy atom. The molecule has 0 aliphatic carbocycles. The van der Waals surface area contributed by atoms with E-state index in [9.17, 15) is 9.59 Å². The maximum absolute atomic E-state index is 15.3. The molecular weight excluding hydrogens is 1580 g/mol. The zero-order valence-corrected chi connectivity index (χ0v) is 70.7. The van der Waals surface area contributed by atoms with E-state index in [0.717, 1.165) is 84.0 Å². The Labute approximate surface area is 722 Å². The van der Waals surface area contributed by atoms with Crippen LogP contribution in [0.15, 0.2) is 348 Å². The average Bonchev–Trinajstić information content (AvgIpc) is 1.54. The fourth-order valence-corrected chi connectivity index (χ4v) is 16.8. The van der Waals surface area contributed by atoms with Gasteiger partial charge in [0.05, 0.1) is 65.8 Å².